The number of halogens is 1. The van der Waals surface area contributed by atoms with Gasteiger partial charge in [-0.15, -0.1) is 11.3 Å². The molecule has 0 aliphatic carbocycles. The van der Waals surface area contributed by atoms with Gasteiger partial charge in [0.2, 0.25) is 5.91 Å². The fraction of sp³-hybridized carbons (Fsp3) is 0.133. The lowest BCUT2D eigenvalue weighted by Gasteiger charge is -2.09. The second kappa shape index (κ2) is 7.26. The van der Waals surface area contributed by atoms with Crippen LogP contribution in [0.15, 0.2) is 46.3 Å². The Balaban J connectivity index is 2.03. The Hall–Kier alpha value is -1.59. The highest BCUT2D eigenvalue weighted by Gasteiger charge is 2.04. The number of amides is 1. The van der Waals surface area contributed by atoms with Gasteiger partial charge in [0, 0.05) is 11.0 Å². The number of carbonyl (C=O) groups excluding carboxylic acids is 1. The number of thiophene rings is 1. The van der Waals surface area contributed by atoms with Crippen LogP contribution >= 0.6 is 27.3 Å². The van der Waals surface area contributed by atoms with E-state index in [-0.39, 0.29) is 5.91 Å². The molecule has 1 amide bonds. The third-order valence-corrected chi connectivity index (χ3v) is 4.03. The maximum atomic E-state index is 11.9. The fourth-order valence-electron chi connectivity index (χ4n) is 1.60. The van der Waals surface area contributed by atoms with Gasteiger partial charge < -0.3 is 10.1 Å². The molecular weight excluding hydrogens is 338 g/mol. The predicted molar refractivity (Wildman–Crippen MR) is 87.3 cm³/mol. The van der Waals surface area contributed by atoms with Crippen LogP contribution < -0.4 is 10.1 Å². The van der Waals surface area contributed by atoms with Crippen molar-refractivity contribution >= 4 is 44.9 Å². The summed E-state index contributed by atoms with van der Waals surface area (Å²) in [6, 6.07) is 11.3. The van der Waals surface area contributed by atoms with Crippen molar-refractivity contribution in [2.45, 2.75) is 6.92 Å². The number of carbonyl (C=O) groups is 1. The molecule has 2 rings (SSSR count). The number of ether oxygens (including phenoxy) is 1. The molecule has 1 aromatic carbocycles. The average Bonchev–Trinajstić information content (AvgIpc) is 2.85. The van der Waals surface area contributed by atoms with Crippen LogP contribution in [-0.4, -0.2) is 12.5 Å². The zero-order chi connectivity index (χ0) is 14.4. The van der Waals surface area contributed by atoms with E-state index in [0.29, 0.717) is 18.0 Å². The maximum Gasteiger partial charge on any atom is 0.248 e. The Bertz CT molecular complexity index is 622. The highest BCUT2D eigenvalue weighted by molar-refractivity contribution is 9.11. The van der Waals surface area contributed by atoms with Gasteiger partial charge in [-0.3, -0.25) is 4.79 Å². The van der Waals surface area contributed by atoms with E-state index in [4.69, 9.17) is 4.74 Å². The highest BCUT2D eigenvalue weighted by Crippen LogP contribution is 2.24. The molecule has 0 saturated carbocycles. The van der Waals surface area contributed by atoms with Crippen molar-refractivity contribution < 1.29 is 9.53 Å². The topological polar surface area (TPSA) is 38.3 Å². The largest absolute Gasteiger partial charge is 0.492 e. The Morgan fingerprint density at radius 3 is 2.85 bits per heavy atom. The molecule has 0 radical (unpaired) electrons. The first kappa shape index (κ1) is 14.8. The van der Waals surface area contributed by atoms with Gasteiger partial charge in [0.1, 0.15) is 5.75 Å². The second-order valence-electron chi connectivity index (χ2n) is 3.89. The lowest BCUT2D eigenvalue weighted by Crippen LogP contribution is -2.09. The first-order valence-electron chi connectivity index (χ1n) is 6.15. The van der Waals surface area contributed by atoms with Crippen LogP contribution in [0.3, 0.4) is 0 Å². The van der Waals surface area contributed by atoms with E-state index in [2.05, 4.69) is 21.2 Å². The van der Waals surface area contributed by atoms with Crippen molar-refractivity contribution in [3.8, 4) is 5.75 Å². The molecule has 0 bridgehead atoms. The maximum absolute atomic E-state index is 11.9. The van der Waals surface area contributed by atoms with Crippen LogP contribution in [0.25, 0.3) is 6.08 Å². The number of anilines is 1. The Morgan fingerprint density at radius 2 is 2.15 bits per heavy atom. The van der Waals surface area contributed by atoms with Crippen LogP contribution in [0.2, 0.25) is 0 Å². The Kier molecular flexibility index (Phi) is 5.38. The molecule has 1 heterocycles. The monoisotopic (exact) mass is 351 g/mol. The minimum atomic E-state index is -0.179. The van der Waals surface area contributed by atoms with Gasteiger partial charge in [0.05, 0.1) is 16.1 Å². The van der Waals surface area contributed by atoms with Crippen molar-refractivity contribution in [1.82, 2.24) is 0 Å². The number of hydrogen-bond acceptors (Lipinski definition) is 3. The Labute approximate surface area is 130 Å². The Morgan fingerprint density at radius 1 is 1.35 bits per heavy atom. The number of rotatable bonds is 5. The standard InChI is InChI=1S/C15H14BrNO2S/c1-2-19-13-6-4-3-5-12(13)17-15(18)10-8-11-7-9-14(16)20-11/h3-10H,2H2,1H3,(H,17,18)/b10-8+. The summed E-state index contributed by atoms with van der Waals surface area (Å²) in [5.41, 5.74) is 0.677. The summed E-state index contributed by atoms with van der Waals surface area (Å²) in [5, 5.41) is 2.81. The summed E-state index contributed by atoms with van der Waals surface area (Å²) in [6.07, 6.45) is 3.30. The van der Waals surface area contributed by atoms with E-state index >= 15 is 0 Å². The normalized spacial score (nSPS) is 10.7. The molecule has 0 aliphatic rings. The summed E-state index contributed by atoms with van der Waals surface area (Å²) in [5.74, 6) is 0.497. The van der Waals surface area contributed by atoms with Gasteiger partial charge >= 0.3 is 0 Å². The van der Waals surface area contributed by atoms with Crippen LogP contribution in [0.5, 0.6) is 5.75 Å². The van der Waals surface area contributed by atoms with Gasteiger partial charge in [-0.2, -0.15) is 0 Å². The SMILES string of the molecule is CCOc1ccccc1NC(=O)/C=C/c1ccc(Br)s1. The summed E-state index contributed by atoms with van der Waals surface area (Å²) >= 11 is 4.96. The quantitative estimate of drug-likeness (QED) is 0.801. The zero-order valence-electron chi connectivity index (χ0n) is 10.9. The third kappa shape index (κ3) is 4.21. The van der Waals surface area contributed by atoms with E-state index in [0.717, 1.165) is 8.66 Å². The molecule has 0 atom stereocenters. The number of hydrogen-bond donors (Lipinski definition) is 1. The summed E-state index contributed by atoms with van der Waals surface area (Å²) in [6.45, 7) is 2.47. The molecule has 0 fully saturated rings. The van der Waals surface area contributed by atoms with Crippen LogP contribution in [0.4, 0.5) is 5.69 Å². The van der Waals surface area contributed by atoms with E-state index < -0.39 is 0 Å². The average molecular weight is 352 g/mol. The fourth-order valence-corrected chi connectivity index (χ4v) is 2.93. The predicted octanol–water partition coefficient (Wildman–Crippen LogP) is 4.56. The summed E-state index contributed by atoms with van der Waals surface area (Å²) in [7, 11) is 0. The second-order valence-corrected chi connectivity index (χ2v) is 6.39. The number of nitrogens with one attached hydrogen (secondary N) is 1. The van der Waals surface area contributed by atoms with Crippen molar-refractivity contribution in [3.05, 3.63) is 51.1 Å². The molecule has 0 spiro atoms. The first-order chi connectivity index (χ1) is 9.69. The van der Waals surface area contributed by atoms with E-state index in [1.807, 2.05) is 43.3 Å². The smallest absolute Gasteiger partial charge is 0.248 e. The third-order valence-electron chi connectivity index (χ3n) is 2.44. The number of para-hydroxylation sites is 2. The molecule has 5 heteroatoms. The molecule has 0 aliphatic heterocycles. The minimum absolute atomic E-state index is 0.179. The lowest BCUT2D eigenvalue weighted by atomic mass is 10.3. The molecule has 0 unspecified atom stereocenters. The summed E-state index contributed by atoms with van der Waals surface area (Å²) in [4.78, 5) is 12.9. The highest BCUT2D eigenvalue weighted by atomic mass is 79.9. The molecule has 1 aromatic heterocycles. The van der Waals surface area contributed by atoms with Crippen molar-refractivity contribution in [3.63, 3.8) is 0 Å². The molecule has 1 N–H and O–H groups in total. The molecule has 104 valence electrons. The van der Waals surface area contributed by atoms with Crippen molar-refractivity contribution in [1.29, 1.82) is 0 Å². The van der Waals surface area contributed by atoms with Crippen molar-refractivity contribution in [2.75, 3.05) is 11.9 Å². The van der Waals surface area contributed by atoms with E-state index in [1.165, 1.54) is 6.08 Å². The molecule has 20 heavy (non-hydrogen) atoms. The molecular formula is C15H14BrNO2S. The van der Waals surface area contributed by atoms with Gasteiger partial charge in [-0.05, 0) is 53.2 Å². The first-order valence-corrected chi connectivity index (χ1v) is 7.76. The number of benzene rings is 1. The van der Waals surface area contributed by atoms with E-state index in [1.54, 1.807) is 17.4 Å². The molecule has 2 aromatic rings. The van der Waals surface area contributed by atoms with Gasteiger partial charge in [-0.25, -0.2) is 0 Å². The van der Waals surface area contributed by atoms with Crippen LogP contribution in [0, 0.1) is 0 Å². The van der Waals surface area contributed by atoms with Gasteiger partial charge in [0.15, 0.2) is 0 Å². The van der Waals surface area contributed by atoms with Gasteiger partial charge in [0.25, 0.3) is 0 Å². The molecule has 3 nitrogen and oxygen atoms in total. The van der Waals surface area contributed by atoms with Crippen LogP contribution in [0.1, 0.15) is 11.8 Å². The van der Waals surface area contributed by atoms with Crippen molar-refractivity contribution in [2.24, 2.45) is 0 Å². The van der Waals surface area contributed by atoms with E-state index in [9.17, 15) is 4.79 Å². The lowest BCUT2D eigenvalue weighted by molar-refractivity contribution is -0.111. The van der Waals surface area contributed by atoms with Gasteiger partial charge in [-0.1, -0.05) is 12.1 Å². The van der Waals surface area contributed by atoms with Crippen LogP contribution in [-0.2, 0) is 4.79 Å². The summed E-state index contributed by atoms with van der Waals surface area (Å²) < 4.78 is 6.50. The zero-order valence-corrected chi connectivity index (χ0v) is 13.3. The minimum Gasteiger partial charge on any atom is -0.492 e. The molecule has 0 saturated heterocycles.